The zero-order chi connectivity index (χ0) is 15.0. The molecule has 4 nitrogen and oxygen atoms in total. The lowest BCUT2D eigenvalue weighted by Crippen LogP contribution is -2.50. The summed E-state index contributed by atoms with van der Waals surface area (Å²) in [7, 11) is 0. The Morgan fingerprint density at radius 2 is 2.20 bits per heavy atom. The lowest BCUT2D eigenvalue weighted by Gasteiger charge is -2.33. The number of carbonyl (C=O) groups is 1. The van der Waals surface area contributed by atoms with Crippen LogP contribution in [0.5, 0.6) is 0 Å². The molecule has 0 amide bonds. The number of rotatable bonds is 8. The predicted molar refractivity (Wildman–Crippen MR) is 82.8 cm³/mol. The number of hydrogen-bond donors (Lipinski definition) is 1. The fraction of sp³-hybridized carbons (Fsp3) is 0.938. The molecule has 0 spiro atoms. The van der Waals surface area contributed by atoms with E-state index in [9.17, 15) is 4.79 Å². The molecule has 0 aromatic rings. The van der Waals surface area contributed by atoms with Crippen LogP contribution in [-0.2, 0) is 9.53 Å². The van der Waals surface area contributed by atoms with E-state index in [2.05, 4.69) is 17.1 Å². The van der Waals surface area contributed by atoms with Crippen LogP contribution in [0.15, 0.2) is 0 Å². The number of ether oxygens (including phenoxy) is 1. The molecule has 2 unspecified atom stereocenters. The number of piperidine rings is 1. The Morgan fingerprint density at radius 3 is 2.80 bits per heavy atom. The van der Waals surface area contributed by atoms with Crippen LogP contribution in [0.3, 0.4) is 0 Å². The lowest BCUT2D eigenvalue weighted by molar-refractivity contribution is -0.150. The highest BCUT2D eigenvalue weighted by molar-refractivity contribution is 5.80. The number of likely N-dealkylation sites (tertiary alicyclic amines) is 1. The Kier molecular flexibility index (Phi) is 7.52. The Labute approximate surface area is 124 Å². The maximum Gasteiger partial charge on any atom is 0.326 e. The summed E-state index contributed by atoms with van der Waals surface area (Å²) in [6.45, 7) is 12.9. The second-order valence-electron chi connectivity index (χ2n) is 6.23. The predicted octanol–water partition coefficient (Wildman–Crippen LogP) is 2.43. The molecule has 1 fully saturated rings. The van der Waals surface area contributed by atoms with Gasteiger partial charge in [0.25, 0.3) is 0 Å². The minimum absolute atomic E-state index is 0.117. The summed E-state index contributed by atoms with van der Waals surface area (Å²) in [5.41, 5.74) is -0.536. The molecule has 0 aromatic carbocycles. The van der Waals surface area contributed by atoms with E-state index in [4.69, 9.17) is 4.74 Å². The molecular formula is C16H32N2O2. The first kappa shape index (κ1) is 17.4. The van der Waals surface area contributed by atoms with Crippen molar-refractivity contribution in [2.75, 3.05) is 32.8 Å². The first-order valence-electron chi connectivity index (χ1n) is 8.16. The van der Waals surface area contributed by atoms with E-state index in [1.165, 1.54) is 25.9 Å². The molecule has 0 aliphatic carbocycles. The molecule has 0 bridgehead atoms. The molecule has 1 aliphatic rings. The van der Waals surface area contributed by atoms with Gasteiger partial charge in [-0.2, -0.15) is 0 Å². The van der Waals surface area contributed by atoms with E-state index < -0.39 is 5.54 Å². The van der Waals surface area contributed by atoms with Crippen LogP contribution in [0.25, 0.3) is 0 Å². The first-order valence-corrected chi connectivity index (χ1v) is 8.16. The number of nitrogens with zero attached hydrogens (tertiary/aromatic N) is 1. The van der Waals surface area contributed by atoms with Crippen molar-refractivity contribution in [3.8, 4) is 0 Å². The molecule has 20 heavy (non-hydrogen) atoms. The van der Waals surface area contributed by atoms with E-state index in [-0.39, 0.29) is 5.97 Å². The van der Waals surface area contributed by atoms with Crippen LogP contribution in [0, 0.1) is 5.92 Å². The molecule has 0 saturated carbocycles. The van der Waals surface area contributed by atoms with Crippen molar-refractivity contribution in [2.24, 2.45) is 5.92 Å². The molecule has 1 N–H and O–H groups in total. The molecule has 1 aliphatic heterocycles. The van der Waals surface area contributed by atoms with E-state index >= 15 is 0 Å². The second-order valence-corrected chi connectivity index (χ2v) is 6.23. The van der Waals surface area contributed by atoms with Gasteiger partial charge < -0.3 is 15.0 Å². The molecule has 118 valence electrons. The topological polar surface area (TPSA) is 41.6 Å². The molecular weight excluding hydrogens is 252 g/mol. The summed E-state index contributed by atoms with van der Waals surface area (Å²) in [6.07, 6.45) is 4.54. The van der Waals surface area contributed by atoms with Crippen molar-refractivity contribution in [1.29, 1.82) is 0 Å². The summed E-state index contributed by atoms with van der Waals surface area (Å²) in [5.74, 6) is 0.697. The van der Waals surface area contributed by atoms with Crippen LogP contribution in [0.4, 0.5) is 0 Å². The molecule has 1 heterocycles. The Bertz CT molecular complexity index is 296. The average Bonchev–Trinajstić information content (AvgIpc) is 2.39. The summed E-state index contributed by atoms with van der Waals surface area (Å²) in [4.78, 5) is 14.6. The summed E-state index contributed by atoms with van der Waals surface area (Å²) in [6, 6.07) is 0. The molecule has 2 atom stereocenters. The Morgan fingerprint density at radius 1 is 1.45 bits per heavy atom. The fourth-order valence-corrected chi connectivity index (χ4v) is 3.09. The van der Waals surface area contributed by atoms with Gasteiger partial charge in [-0.1, -0.05) is 13.8 Å². The van der Waals surface area contributed by atoms with Crippen LogP contribution in [-0.4, -0.2) is 49.2 Å². The average molecular weight is 284 g/mol. The van der Waals surface area contributed by atoms with Gasteiger partial charge in [0.1, 0.15) is 5.54 Å². The molecule has 4 heteroatoms. The standard InChI is InChI=1S/C16H32N2O2/c1-5-17-16(4,15(19)20-6-2)10-8-12-18-11-7-9-14(3)13-18/h14,17H,5-13H2,1-4H3. The maximum atomic E-state index is 12.1. The van der Waals surface area contributed by atoms with E-state index in [0.29, 0.717) is 6.61 Å². The summed E-state index contributed by atoms with van der Waals surface area (Å²) in [5, 5.41) is 3.30. The first-order chi connectivity index (χ1) is 9.51. The monoisotopic (exact) mass is 284 g/mol. The van der Waals surface area contributed by atoms with Gasteiger partial charge in [0.2, 0.25) is 0 Å². The number of nitrogens with one attached hydrogen (secondary N) is 1. The quantitative estimate of drug-likeness (QED) is 0.695. The normalized spacial score (nSPS) is 23.3. The van der Waals surface area contributed by atoms with Gasteiger partial charge in [0, 0.05) is 6.54 Å². The van der Waals surface area contributed by atoms with Crippen molar-refractivity contribution in [1.82, 2.24) is 10.2 Å². The van der Waals surface area contributed by atoms with Gasteiger partial charge in [0.15, 0.2) is 0 Å². The van der Waals surface area contributed by atoms with E-state index in [0.717, 1.165) is 31.8 Å². The molecule has 0 radical (unpaired) electrons. The number of hydrogen-bond acceptors (Lipinski definition) is 4. The third-order valence-electron chi connectivity index (χ3n) is 4.19. The van der Waals surface area contributed by atoms with E-state index in [1.54, 1.807) is 0 Å². The van der Waals surface area contributed by atoms with Gasteiger partial charge in [-0.3, -0.25) is 4.79 Å². The number of carbonyl (C=O) groups excluding carboxylic acids is 1. The van der Waals surface area contributed by atoms with Crippen LogP contribution >= 0.6 is 0 Å². The van der Waals surface area contributed by atoms with Crippen LogP contribution in [0.1, 0.15) is 53.4 Å². The van der Waals surface area contributed by atoms with Gasteiger partial charge in [-0.05, 0) is 65.1 Å². The Hall–Kier alpha value is -0.610. The third kappa shape index (κ3) is 5.41. The van der Waals surface area contributed by atoms with Crippen molar-refractivity contribution in [3.63, 3.8) is 0 Å². The third-order valence-corrected chi connectivity index (χ3v) is 4.19. The zero-order valence-corrected chi connectivity index (χ0v) is 13.7. The van der Waals surface area contributed by atoms with Gasteiger partial charge >= 0.3 is 5.97 Å². The largest absolute Gasteiger partial charge is 0.465 e. The van der Waals surface area contributed by atoms with E-state index in [1.807, 2.05) is 20.8 Å². The van der Waals surface area contributed by atoms with Crippen molar-refractivity contribution >= 4 is 5.97 Å². The maximum absolute atomic E-state index is 12.1. The molecule has 1 saturated heterocycles. The van der Waals surface area contributed by atoms with Gasteiger partial charge in [0.05, 0.1) is 6.61 Å². The van der Waals surface area contributed by atoms with Crippen LogP contribution in [0.2, 0.25) is 0 Å². The Balaban J connectivity index is 2.40. The summed E-state index contributed by atoms with van der Waals surface area (Å²) >= 11 is 0. The second kappa shape index (κ2) is 8.63. The zero-order valence-electron chi connectivity index (χ0n) is 13.7. The van der Waals surface area contributed by atoms with Gasteiger partial charge in [-0.15, -0.1) is 0 Å². The van der Waals surface area contributed by atoms with Crippen molar-refractivity contribution in [3.05, 3.63) is 0 Å². The minimum atomic E-state index is -0.536. The summed E-state index contributed by atoms with van der Waals surface area (Å²) < 4.78 is 5.20. The highest BCUT2D eigenvalue weighted by Gasteiger charge is 2.33. The SMILES string of the molecule is CCNC(C)(CCCN1CCCC(C)C1)C(=O)OCC. The van der Waals surface area contributed by atoms with Crippen molar-refractivity contribution in [2.45, 2.75) is 58.9 Å². The minimum Gasteiger partial charge on any atom is -0.465 e. The highest BCUT2D eigenvalue weighted by Crippen LogP contribution is 2.19. The number of esters is 1. The highest BCUT2D eigenvalue weighted by atomic mass is 16.5. The van der Waals surface area contributed by atoms with Crippen molar-refractivity contribution < 1.29 is 9.53 Å². The van der Waals surface area contributed by atoms with Crippen LogP contribution < -0.4 is 5.32 Å². The number of likely N-dealkylation sites (N-methyl/N-ethyl adjacent to an activating group) is 1. The molecule has 1 rings (SSSR count). The van der Waals surface area contributed by atoms with Gasteiger partial charge in [-0.25, -0.2) is 0 Å². The smallest absolute Gasteiger partial charge is 0.326 e. The fourth-order valence-electron chi connectivity index (χ4n) is 3.09. The molecule has 0 aromatic heterocycles. The lowest BCUT2D eigenvalue weighted by atomic mass is 9.94.